The van der Waals surface area contributed by atoms with E-state index in [1.807, 2.05) is 32.0 Å². The van der Waals surface area contributed by atoms with Gasteiger partial charge >= 0.3 is 0 Å². The third-order valence-corrected chi connectivity index (χ3v) is 3.37. The lowest BCUT2D eigenvalue weighted by Crippen LogP contribution is -2.21. The second-order valence-corrected chi connectivity index (χ2v) is 5.44. The van der Waals surface area contributed by atoms with Crippen LogP contribution in [0.3, 0.4) is 0 Å². The first-order valence-corrected chi connectivity index (χ1v) is 7.06. The van der Waals surface area contributed by atoms with E-state index in [4.69, 9.17) is 4.74 Å². The van der Waals surface area contributed by atoms with Crippen LogP contribution in [0.4, 0.5) is 10.2 Å². The van der Waals surface area contributed by atoms with Crippen LogP contribution in [-0.4, -0.2) is 17.5 Å². The highest BCUT2D eigenvalue weighted by Gasteiger charge is 2.09. The molecular weight excluding hydrogens is 339 g/mol. The lowest BCUT2D eigenvalue weighted by molar-refractivity contribution is -0.118. The van der Waals surface area contributed by atoms with Crippen LogP contribution >= 0.6 is 15.9 Å². The number of nitrogens with zero attached hydrogens (tertiary/aromatic N) is 1. The van der Waals surface area contributed by atoms with E-state index in [-0.39, 0.29) is 18.3 Å². The molecule has 0 saturated carbocycles. The Labute approximate surface area is 130 Å². The summed E-state index contributed by atoms with van der Waals surface area (Å²) in [5.41, 5.74) is 2.01. The normalized spacial score (nSPS) is 10.3. The van der Waals surface area contributed by atoms with E-state index in [2.05, 4.69) is 26.2 Å². The van der Waals surface area contributed by atoms with Gasteiger partial charge in [-0.1, -0.05) is 12.1 Å². The summed E-state index contributed by atoms with van der Waals surface area (Å²) in [7, 11) is 0. The molecule has 0 radical (unpaired) electrons. The first-order chi connectivity index (χ1) is 9.95. The highest BCUT2D eigenvalue weighted by Crippen LogP contribution is 2.21. The van der Waals surface area contributed by atoms with Crippen LogP contribution in [0.2, 0.25) is 0 Å². The molecule has 6 heteroatoms. The molecule has 2 rings (SSSR count). The van der Waals surface area contributed by atoms with E-state index in [0.29, 0.717) is 10.2 Å². The Bertz CT molecular complexity index is 677. The van der Waals surface area contributed by atoms with Crippen molar-refractivity contribution in [3.8, 4) is 5.75 Å². The van der Waals surface area contributed by atoms with Crippen LogP contribution in [0.25, 0.3) is 0 Å². The second kappa shape index (κ2) is 6.67. The van der Waals surface area contributed by atoms with Crippen LogP contribution in [0.5, 0.6) is 5.75 Å². The zero-order valence-corrected chi connectivity index (χ0v) is 13.2. The van der Waals surface area contributed by atoms with Gasteiger partial charge in [0.05, 0.1) is 10.7 Å². The maximum atomic E-state index is 12.9. The second-order valence-electron chi connectivity index (χ2n) is 4.59. The Hall–Kier alpha value is -1.95. The van der Waals surface area contributed by atoms with Gasteiger partial charge in [0.1, 0.15) is 17.4 Å². The van der Waals surface area contributed by atoms with Gasteiger partial charge in [0.15, 0.2) is 6.61 Å². The Morgan fingerprint density at radius 1 is 1.38 bits per heavy atom. The molecule has 1 aromatic heterocycles. The quantitative estimate of drug-likeness (QED) is 0.914. The maximum Gasteiger partial charge on any atom is 0.263 e. The van der Waals surface area contributed by atoms with Crippen molar-refractivity contribution < 1.29 is 13.9 Å². The summed E-state index contributed by atoms with van der Waals surface area (Å²) in [5, 5.41) is 2.55. The van der Waals surface area contributed by atoms with Crippen LogP contribution in [0, 0.1) is 19.7 Å². The van der Waals surface area contributed by atoms with Gasteiger partial charge in [-0.15, -0.1) is 0 Å². The fourth-order valence-electron chi connectivity index (χ4n) is 1.68. The number of carbonyl (C=O) groups excluding carboxylic acids is 1. The van der Waals surface area contributed by atoms with Crippen LogP contribution in [0.1, 0.15) is 11.1 Å². The summed E-state index contributed by atoms with van der Waals surface area (Å²) in [5.74, 6) is 0.0736. The van der Waals surface area contributed by atoms with Crippen molar-refractivity contribution in [3.63, 3.8) is 0 Å². The number of rotatable bonds is 4. The van der Waals surface area contributed by atoms with Crippen LogP contribution in [-0.2, 0) is 4.79 Å². The molecule has 1 amide bonds. The lowest BCUT2D eigenvalue weighted by atomic mass is 10.1. The molecule has 0 atom stereocenters. The minimum Gasteiger partial charge on any atom is -0.483 e. The van der Waals surface area contributed by atoms with Crippen molar-refractivity contribution in [2.45, 2.75) is 13.8 Å². The Balaban J connectivity index is 1.97. The molecule has 21 heavy (non-hydrogen) atoms. The molecule has 1 aromatic carbocycles. The minimum atomic E-state index is -0.480. The summed E-state index contributed by atoms with van der Waals surface area (Å²) in [4.78, 5) is 15.6. The van der Waals surface area contributed by atoms with E-state index in [9.17, 15) is 9.18 Å². The number of hydrogen-bond acceptors (Lipinski definition) is 3. The molecule has 1 N–H and O–H groups in total. The van der Waals surface area contributed by atoms with E-state index >= 15 is 0 Å². The summed E-state index contributed by atoms with van der Waals surface area (Å²) >= 11 is 3.13. The maximum absolute atomic E-state index is 12.9. The molecule has 0 aliphatic carbocycles. The standard InChI is InChI=1S/C15H14BrFN2O2/c1-9-3-4-10(2)13(5-9)21-8-14(20)19-15-12(16)6-11(17)7-18-15/h3-7H,8H2,1-2H3,(H,18,19,20). The molecule has 1 heterocycles. The molecule has 0 aliphatic heterocycles. The van der Waals surface area contributed by atoms with E-state index in [1.165, 1.54) is 6.07 Å². The van der Waals surface area contributed by atoms with Crippen molar-refractivity contribution in [2.24, 2.45) is 0 Å². The fraction of sp³-hybridized carbons (Fsp3) is 0.200. The van der Waals surface area contributed by atoms with Gasteiger partial charge < -0.3 is 10.1 Å². The summed E-state index contributed by atoms with van der Waals surface area (Å²) < 4.78 is 18.8. The average Bonchev–Trinajstić information content (AvgIpc) is 2.43. The van der Waals surface area contributed by atoms with Gasteiger partial charge in [-0.3, -0.25) is 4.79 Å². The molecule has 110 valence electrons. The molecule has 0 saturated heterocycles. The van der Waals surface area contributed by atoms with Gasteiger partial charge in [0.25, 0.3) is 5.91 Å². The Morgan fingerprint density at radius 3 is 2.86 bits per heavy atom. The smallest absolute Gasteiger partial charge is 0.263 e. The summed E-state index contributed by atoms with van der Waals surface area (Å²) in [6.45, 7) is 3.71. The van der Waals surface area contributed by atoms with Gasteiger partial charge in [0.2, 0.25) is 0 Å². The average molecular weight is 353 g/mol. The molecular formula is C15H14BrFN2O2. The SMILES string of the molecule is Cc1ccc(C)c(OCC(=O)Nc2ncc(F)cc2Br)c1. The zero-order valence-electron chi connectivity index (χ0n) is 11.6. The predicted molar refractivity (Wildman–Crippen MR) is 81.9 cm³/mol. The third-order valence-electron chi connectivity index (χ3n) is 2.77. The van der Waals surface area contributed by atoms with Gasteiger partial charge in [-0.2, -0.15) is 0 Å². The third kappa shape index (κ3) is 4.26. The zero-order chi connectivity index (χ0) is 15.4. The number of anilines is 1. The lowest BCUT2D eigenvalue weighted by Gasteiger charge is -2.10. The molecule has 2 aromatic rings. The largest absolute Gasteiger partial charge is 0.483 e. The Kier molecular flexibility index (Phi) is 4.90. The topological polar surface area (TPSA) is 51.2 Å². The summed E-state index contributed by atoms with van der Waals surface area (Å²) in [6, 6.07) is 7.01. The highest BCUT2D eigenvalue weighted by atomic mass is 79.9. The number of aromatic nitrogens is 1. The van der Waals surface area contributed by atoms with Crippen molar-refractivity contribution in [3.05, 3.63) is 51.9 Å². The van der Waals surface area contributed by atoms with Gasteiger partial charge in [0, 0.05) is 0 Å². The summed E-state index contributed by atoms with van der Waals surface area (Å²) in [6.07, 6.45) is 1.03. The van der Waals surface area contributed by atoms with E-state index < -0.39 is 5.82 Å². The number of benzene rings is 1. The van der Waals surface area contributed by atoms with Gasteiger partial charge in [-0.05, 0) is 53.0 Å². The van der Waals surface area contributed by atoms with Crippen molar-refractivity contribution in [1.29, 1.82) is 0 Å². The Morgan fingerprint density at radius 2 is 2.14 bits per heavy atom. The molecule has 0 unspecified atom stereocenters. The van der Waals surface area contributed by atoms with E-state index in [0.717, 1.165) is 17.3 Å². The number of hydrogen-bond donors (Lipinski definition) is 1. The number of halogens is 2. The molecule has 0 fully saturated rings. The first kappa shape index (κ1) is 15.4. The fourth-order valence-corrected chi connectivity index (χ4v) is 2.10. The van der Waals surface area contributed by atoms with Crippen molar-refractivity contribution in [2.75, 3.05) is 11.9 Å². The van der Waals surface area contributed by atoms with Gasteiger partial charge in [-0.25, -0.2) is 9.37 Å². The van der Waals surface area contributed by atoms with Crippen molar-refractivity contribution >= 4 is 27.7 Å². The number of carbonyl (C=O) groups is 1. The number of amides is 1. The first-order valence-electron chi connectivity index (χ1n) is 6.26. The molecule has 0 aliphatic rings. The number of aryl methyl sites for hydroxylation is 2. The van der Waals surface area contributed by atoms with Crippen LogP contribution in [0.15, 0.2) is 34.9 Å². The van der Waals surface area contributed by atoms with E-state index in [1.54, 1.807) is 0 Å². The van der Waals surface area contributed by atoms with Crippen molar-refractivity contribution in [1.82, 2.24) is 4.98 Å². The highest BCUT2D eigenvalue weighted by molar-refractivity contribution is 9.10. The molecule has 0 bridgehead atoms. The number of pyridine rings is 1. The number of ether oxygens (including phenoxy) is 1. The molecule has 4 nitrogen and oxygen atoms in total. The monoisotopic (exact) mass is 352 g/mol. The minimum absolute atomic E-state index is 0.143. The van der Waals surface area contributed by atoms with Crippen LogP contribution < -0.4 is 10.1 Å². The number of nitrogens with one attached hydrogen (secondary N) is 1. The molecule has 0 spiro atoms. The predicted octanol–water partition coefficient (Wildman–Crippen LogP) is 3.62.